The van der Waals surface area contributed by atoms with Crippen LogP contribution < -0.4 is 15.2 Å². The lowest BCUT2D eigenvalue weighted by Gasteiger charge is -2.07. The number of anilines is 1. The average Bonchev–Trinajstić information content (AvgIpc) is 2.85. The number of hydrogen-bond donors (Lipinski definition) is 4. The molecule has 5 N–H and O–H groups in total. The summed E-state index contributed by atoms with van der Waals surface area (Å²) in [5, 5.41) is 28.9. The molecule has 4 rings (SSSR count). The molecule has 0 radical (unpaired) electrons. The van der Waals surface area contributed by atoms with E-state index in [0.717, 1.165) is 0 Å². The van der Waals surface area contributed by atoms with Gasteiger partial charge in [-0.1, -0.05) is 30.3 Å². The Morgan fingerprint density at radius 1 is 0.657 bits per heavy atom. The lowest BCUT2D eigenvalue weighted by molar-refractivity contribution is 0.0731. The monoisotopic (exact) mass is 473 g/mol. The minimum absolute atomic E-state index is 0.0862. The fraction of sp³-hybridized carbons (Fsp3) is 0.0370. The van der Waals surface area contributed by atoms with Gasteiger partial charge in [-0.3, -0.25) is 4.79 Å². The van der Waals surface area contributed by atoms with Crippen LogP contribution in [0.15, 0.2) is 91.0 Å². The van der Waals surface area contributed by atoms with Gasteiger partial charge in [0.25, 0.3) is 0 Å². The molecule has 0 amide bonds. The van der Waals surface area contributed by atoms with Crippen LogP contribution in [0.3, 0.4) is 0 Å². The molecule has 0 unspecified atom stereocenters. The summed E-state index contributed by atoms with van der Waals surface area (Å²) in [4.78, 5) is 23.8. The normalized spacial score (nSPS) is 9.97. The van der Waals surface area contributed by atoms with Crippen LogP contribution in [-0.4, -0.2) is 34.2 Å². The van der Waals surface area contributed by atoms with Gasteiger partial charge in [-0.25, -0.2) is 4.79 Å². The minimum Gasteiger partial charge on any atom is -0.507 e. The predicted octanol–water partition coefficient (Wildman–Crippen LogP) is 4.53. The summed E-state index contributed by atoms with van der Waals surface area (Å²) < 4.78 is 10.0. The predicted molar refractivity (Wildman–Crippen MR) is 130 cm³/mol. The van der Waals surface area contributed by atoms with E-state index >= 15 is 0 Å². The minimum atomic E-state index is -0.617. The molecule has 0 aliphatic rings. The van der Waals surface area contributed by atoms with Crippen molar-refractivity contribution in [3.63, 3.8) is 0 Å². The molecule has 0 aromatic heterocycles. The number of nitrogens with two attached hydrogens (primary N) is 1. The highest BCUT2D eigenvalue weighted by Gasteiger charge is 2.17. The zero-order valence-electron chi connectivity index (χ0n) is 18.7. The molecule has 0 heterocycles. The Hall–Kier alpha value is -4.98. The van der Waals surface area contributed by atoms with E-state index in [0.29, 0.717) is 17.2 Å². The molecule has 0 atom stereocenters. The van der Waals surface area contributed by atoms with Crippen molar-refractivity contribution in [3.8, 4) is 28.7 Å². The smallest absolute Gasteiger partial charge is 0.347 e. The van der Waals surface area contributed by atoms with Gasteiger partial charge in [-0.2, -0.15) is 0 Å². The molecule has 4 aromatic carbocycles. The lowest BCUT2D eigenvalue weighted by atomic mass is 10.0. The molecule has 0 aliphatic heterocycles. The quantitative estimate of drug-likeness (QED) is 0.143. The summed E-state index contributed by atoms with van der Waals surface area (Å²) in [5.41, 5.74) is 6.22. The van der Waals surface area contributed by atoms with Crippen molar-refractivity contribution < 1.29 is 34.4 Å². The van der Waals surface area contributed by atoms with Crippen LogP contribution in [0, 0.1) is 0 Å². The largest absolute Gasteiger partial charge is 0.507 e. The van der Waals surface area contributed by atoms with Gasteiger partial charge in [-0.05, 0) is 48.5 Å². The third kappa shape index (κ3) is 6.29. The third-order valence-electron chi connectivity index (χ3n) is 4.79. The van der Waals surface area contributed by atoms with Crippen molar-refractivity contribution in [3.05, 3.63) is 108 Å². The van der Waals surface area contributed by atoms with Gasteiger partial charge in [-0.15, -0.1) is 0 Å². The summed E-state index contributed by atoms with van der Waals surface area (Å²) in [6, 6.07) is 23.5. The van der Waals surface area contributed by atoms with E-state index in [1.165, 1.54) is 49.6 Å². The van der Waals surface area contributed by atoms with E-state index in [4.69, 9.17) is 15.2 Å². The zero-order chi connectivity index (χ0) is 25.4. The second-order valence-electron chi connectivity index (χ2n) is 7.21. The van der Waals surface area contributed by atoms with Gasteiger partial charge in [0.05, 0.1) is 18.2 Å². The molecule has 0 spiro atoms. The summed E-state index contributed by atoms with van der Waals surface area (Å²) in [6.07, 6.45) is 0. The molecule has 178 valence electrons. The number of phenols is 3. The number of aromatic hydroxyl groups is 3. The van der Waals surface area contributed by atoms with Crippen LogP contribution in [-0.2, 0) is 0 Å². The Balaban J connectivity index is 0.000000196. The molecule has 0 saturated heterocycles. The number of hydrogen-bond acceptors (Lipinski definition) is 8. The molecule has 0 saturated carbocycles. The van der Waals surface area contributed by atoms with E-state index in [-0.39, 0.29) is 33.9 Å². The molecule has 4 aromatic rings. The number of rotatable bonds is 5. The van der Waals surface area contributed by atoms with Crippen molar-refractivity contribution in [2.24, 2.45) is 0 Å². The van der Waals surface area contributed by atoms with Crippen molar-refractivity contribution in [1.82, 2.24) is 0 Å². The van der Waals surface area contributed by atoms with Gasteiger partial charge < -0.3 is 30.5 Å². The maximum atomic E-state index is 12.1. The Bertz CT molecular complexity index is 1340. The van der Waals surface area contributed by atoms with Crippen molar-refractivity contribution in [2.45, 2.75) is 0 Å². The number of phenolic OH excluding ortho intramolecular Hbond substituents is 3. The number of para-hydroxylation sites is 2. The standard InChI is InChI=1S/C14H12O4.C13H11NO3/c1-18-9-6-7-11(13(16)8-9)14(17)10-4-2-3-5-12(10)15;14-9-6-7-11(12(15)8-9)13(16)17-10-4-2-1-3-5-10/h2-8,15-16H,1H3;1-8,15H,14H2. The van der Waals surface area contributed by atoms with E-state index in [1.54, 1.807) is 42.5 Å². The maximum Gasteiger partial charge on any atom is 0.347 e. The maximum absolute atomic E-state index is 12.1. The van der Waals surface area contributed by atoms with Gasteiger partial charge in [0.15, 0.2) is 5.78 Å². The van der Waals surface area contributed by atoms with Crippen LogP contribution in [0.4, 0.5) is 5.69 Å². The first-order valence-corrected chi connectivity index (χ1v) is 10.4. The van der Waals surface area contributed by atoms with Gasteiger partial charge in [0.1, 0.15) is 34.3 Å². The Labute approximate surface area is 201 Å². The molecular weight excluding hydrogens is 450 g/mol. The van der Waals surface area contributed by atoms with Crippen molar-refractivity contribution in [1.29, 1.82) is 0 Å². The Morgan fingerprint density at radius 3 is 1.89 bits per heavy atom. The summed E-state index contributed by atoms with van der Waals surface area (Å²) in [6.45, 7) is 0. The molecule has 0 aliphatic carbocycles. The highest BCUT2D eigenvalue weighted by molar-refractivity contribution is 6.12. The summed E-state index contributed by atoms with van der Waals surface area (Å²) in [7, 11) is 1.47. The number of esters is 1. The second kappa shape index (κ2) is 11.2. The van der Waals surface area contributed by atoms with E-state index in [2.05, 4.69) is 0 Å². The summed E-state index contributed by atoms with van der Waals surface area (Å²) >= 11 is 0. The van der Waals surface area contributed by atoms with Crippen molar-refractivity contribution >= 4 is 17.4 Å². The fourth-order valence-electron chi connectivity index (χ4n) is 3.01. The molecule has 0 fully saturated rings. The fourth-order valence-corrected chi connectivity index (χ4v) is 3.01. The van der Waals surface area contributed by atoms with Gasteiger partial charge >= 0.3 is 5.97 Å². The van der Waals surface area contributed by atoms with Crippen LogP contribution in [0.1, 0.15) is 26.3 Å². The number of carbonyl (C=O) groups is 2. The number of nitrogen functional groups attached to an aromatic ring is 1. The van der Waals surface area contributed by atoms with Crippen LogP contribution in [0.25, 0.3) is 0 Å². The topological polar surface area (TPSA) is 139 Å². The first-order chi connectivity index (χ1) is 16.8. The molecule has 0 bridgehead atoms. The Kier molecular flexibility index (Phi) is 7.92. The third-order valence-corrected chi connectivity index (χ3v) is 4.79. The van der Waals surface area contributed by atoms with Crippen molar-refractivity contribution in [2.75, 3.05) is 12.8 Å². The first kappa shape index (κ1) is 24.7. The van der Waals surface area contributed by atoms with Gasteiger partial charge in [0, 0.05) is 17.8 Å². The number of ketones is 1. The SMILES string of the molecule is COc1ccc(C(=O)c2ccccc2O)c(O)c1.Nc1ccc(C(=O)Oc2ccccc2)c(O)c1. The zero-order valence-corrected chi connectivity index (χ0v) is 18.7. The first-order valence-electron chi connectivity index (χ1n) is 10.4. The second-order valence-corrected chi connectivity index (χ2v) is 7.21. The summed E-state index contributed by atoms with van der Waals surface area (Å²) in [5.74, 6) is -0.650. The number of ether oxygens (including phenoxy) is 2. The lowest BCUT2D eigenvalue weighted by Crippen LogP contribution is -2.08. The van der Waals surface area contributed by atoms with E-state index < -0.39 is 11.8 Å². The number of carbonyl (C=O) groups excluding carboxylic acids is 2. The van der Waals surface area contributed by atoms with Gasteiger partial charge in [0.2, 0.25) is 0 Å². The van der Waals surface area contributed by atoms with Crippen LogP contribution in [0.2, 0.25) is 0 Å². The van der Waals surface area contributed by atoms with E-state index in [9.17, 15) is 24.9 Å². The van der Waals surface area contributed by atoms with Crippen LogP contribution >= 0.6 is 0 Å². The highest BCUT2D eigenvalue weighted by Crippen LogP contribution is 2.28. The number of benzene rings is 4. The molecule has 8 nitrogen and oxygen atoms in total. The Morgan fingerprint density at radius 2 is 1.26 bits per heavy atom. The molecular formula is C27H23NO7. The molecule has 35 heavy (non-hydrogen) atoms. The van der Waals surface area contributed by atoms with E-state index in [1.807, 2.05) is 6.07 Å². The molecule has 8 heteroatoms. The number of methoxy groups -OCH3 is 1. The highest BCUT2D eigenvalue weighted by atomic mass is 16.5. The average molecular weight is 473 g/mol. The van der Waals surface area contributed by atoms with Crippen LogP contribution in [0.5, 0.6) is 28.7 Å².